The Morgan fingerprint density at radius 2 is 1.95 bits per heavy atom. The van der Waals surface area contributed by atoms with Gasteiger partial charge >= 0.3 is 5.97 Å². The molecular formula is C14H22N2O4S. The van der Waals surface area contributed by atoms with E-state index in [0.29, 0.717) is 18.2 Å². The van der Waals surface area contributed by atoms with Crippen LogP contribution in [0.15, 0.2) is 0 Å². The molecule has 21 heavy (non-hydrogen) atoms. The van der Waals surface area contributed by atoms with Gasteiger partial charge in [-0.3, -0.25) is 14.4 Å². The molecule has 0 radical (unpaired) electrons. The molecule has 2 amide bonds. The Labute approximate surface area is 128 Å². The van der Waals surface area contributed by atoms with Crippen LogP contribution in [0.25, 0.3) is 0 Å². The van der Waals surface area contributed by atoms with E-state index in [1.54, 1.807) is 23.6 Å². The molecule has 0 aromatic carbocycles. The van der Waals surface area contributed by atoms with Crippen LogP contribution in [0.3, 0.4) is 0 Å². The number of hydrogen-bond donors (Lipinski definition) is 1. The summed E-state index contributed by atoms with van der Waals surface area (Å²) in [7, 11) is 0. The summed E-state index contributed by atoms with van der Waals surface area (Å²) in [6.45, 7) is 1.80. The van der Waals surface area contributed by atoms with Gasteiger partial charge in [-0.05, 0) is 19.8 Å². The molecule has 0 aromatic rings. The minimum Gasteiger partial charge on any atom is -0.480 e. The number of aliphatic carboxylic acids is 1. The van der Waals surface area contributed by atoms with Gasteiger partial charge in [0.25, 0.3) is 0 Å². The van der Waals surface area contributed by atoms with Crippen LogP contribution in [0, 0.1) is 5.92 Å². The van der Waals surface area contributed by atoms with E-state index < -0.39 is 12.0 Å². The van der Waals surface area contributed by atoms with E-state index in [2.05, 4.69) is 0 Å². The van der Waals surface area contributed by atoms with Gasteiger partial charge in [-0.25, -0.2) is 0 Å². The number of carboxylic acid groups (broad SMARTS) is 1. The van der Waals surface area contributed by atoms with Crippen molar-refractivity contribution in [2.45, 2.75) is 38.6 Å². The molecule has 2 fully saturated rings. The maximum absolute atomic E-state index is 12.5. The second kappa shape index (κ2) is 7.15. The van der Waals surface area contributed by atoms with Crippen LogP contribution < -0.4 is 0 Å². The van der Waals surface area contributed by atoms with Gasteiger partial charge < -0.3 is 14.9 Å². The van der Waals surface area contributed by atoms with Crippen LogP contribution >= 0.6 is 11.8 Å². The van der Waals surface area contributed by atoms with Gasteiger partial charge in [-0.1, -0.05) is 12.8 Å². The van der Waals surface area contributed by atoms with Gasteiger partial charge in [0.05, 0.1) is 5.88 Å². The van der Waals surface area contributed by atoms with Crippen molar-refractivity contribution in [3.8, 4) is 0 Å². The van der Waals surface area contributed by atoms with E-state index in [9.17, 15) is 14.4 Å². The summed E-state index contributed by atoms with van der Waals surface area (Å²) >= 11 is 1.56. The van der Waals surface area contributed by atoms with E-state index in [0.717, 1.165) is 25.7 Å². The average molecular weight is 314 g/mol. The van der Waals surface area contributed by atoms with Crippen molar-refractivity contribution >= 4 is 29.5 Å². The summed E-state index contributed by atoms with van der Waals surface area (Å²) < 4.78 is 0. The maximum atomic E-state index is 12.5. The Morgan fingerprint density at radius 1 is 1.29 bits per heavy atom. The number of carbonyl (C=O) groups excluding carboxylic acids is 2. The molecule has 0 bridgehead atoms. The fourth-order valence-corrected chi connectivity index (χ4v) is 4.15. The van der Waals surface area contributed by atoms with Gasteiger partial charge in [-0.15, -0.1) is 11.8 Å². The number of likely N-dealkylation sites (N-methyl/N-ethyl adjacent to an activating group) is 1. The Bertz CT molecular complexity index is 423. The molecule has 0 aromatic heterocycles. The highest BCUT2D eigenvalue weighted by Crippen LogP contribution is 2.31. The highest BCUT2D eigenvalue weighted by atomic mass is 32.2. The second-order valence-corrected chi connectivity index (χ2v) is 6.55. The van der Waals surface area contributed by atoms with Crippen LogP contribution in [0.4, 0.5) is 0 Å². The Balaban J connectivity index is 2.04. The summed E-state index contributed by atoms with van der Waals surface area (Å²) in [5.74, 6) is -0.0411. The molecule has 1 aliphatic heterocycles. The lowest BCUT2D eigenvalue weighted by Crippen LogP contribution is -2.51. The van der Waals surface area contributed by atoms with Gasteiger partial charge in [0.15, 0.2) is 0 Å². The highest BCUT2D eigenvalue weighted by Gasteiger charge is 2.39. The lowest BCUT2D eigenvalue weighted by molar-refractivity contribution is -0.149. The quantitative estimate of drug-likeness (QED) is 0.819. The molecule has 1 atom stereocenters. The van der Waals surface area contributed by atoms with Crippen LogP contribution in [0.5, 0.6) is 0 Å². The minimum atomic E-state index is -1.02. The van der Waals surface area contributed by atoms with Crippen LogP contribution in [-0.2, 0) is 14.4 Å². The Hall–Kier alpha value is -1.24. The number of amides is 2. The number of hydrogen-bond acceptors (Lipinski definition) is 4. The van der Waals surface area contributed by atoms with Crippen molar-refractivity contribution in [2.75, 3.05) is 24.7 Å². The number of thioether (sulfide) groups is 1. The first kappa shape index (κ1) is 16.1. The second-order valence-electron chi connectivity index (χ2n) is 5.55. The first-order chi connectivity index (χ1) is 10.0. The maximum Gasteiger partial charge on any atom is 0.323 e. The summed E-state index contributed by atoms with van der Waals surface area (Å²) in [4.78, 5) is 38.8. The van der Waals surface area contributed by atoms with E-state index in [1.165, 1.54) is 4.90 Å². The molecule has 1 saturated heterocycles. The third-order valence-electron chi connectivity index (χ3n) is 4.17. The fraction of sp³-hybridized carbons (Fsp3) is 0.786. The molecule has 1 unspecified atom stereocenters. The van der Waals surface area contributed by atoms with E-state index in [-0.39, 0.29) is 24.3 Å². The van der Waals surface area contributed by atoms with E-state index in [4.69, 9.17) is 5.11 Å². The standard InChI is InChI=1S/C14H22N2O4S/c1-2-15(7-12(17)18)14(20)11-8-21-9-16(11)13(19)10-5-3-4-6-10/h10-11H,2-9H2,1H3,(H,17,18). The molecule has 2 aliphatic rings. The molecule has 0 spiro atoms. The molecule has 6 nitrogen and oxygen atoms in total. The first-order valence-electron chi connectivity index (χ1n) is 7.43. The third-order valence-corrected chi connectivity index (χ3v) is 5.19. The van der Waals surface area contributed by atoms with Crippen LogP contribution in [-0.4, -0.2) is 63.5 Å². The van der Waals surface area contributed by atoms with Gasteiger partial charge in [0.2, 0.25) is 11.8 Å². The Morgan fingerprint density at radius 3 is 2.52 bits per heavy atom. The molecule has 1 aliphatic carbocycles. The van der Waals surface area contributed by atoms with Crippen molar-refractivity contribution in [1.82, 2.24) is 9.80 Å². The molecule has 118 valence electrons. The third kappa shape index (κ3) is 3.70. The molecule has 1 saturated carbocycles. The van der Waals surface area contributed by atoms with Crippen molar-refractivity contribution < 1.29 is 19.5 Å². The summed E-state index contributed by atoms with van der Waals surface area (Å²) in [5, 5.41) is 8.87. The van der Waals surface area contributed by atoms with Gasteiger partial charge in [-0.2, -0.15) is 0 Å². The summed E-state index contributed by atoms with van der Waals surface area (Å²) in [6, 6.07) is -0.498. The highest BCUT2D eigenvalue weighted by molar-refractivity contribution is 7.99. The zero-order chi connectivity index (χ0) is 15.4. The topological polar surface area (TPSA) is 77.9 Å². The smallest absolute Gasteiger partial charge is 0.323 e. The molecule has 2 rings (SSSR count). The Kier molecular flexibility index (Phi) is 5.50. The molecule has 1 N–H and O–H groups in total. The molecular weight excluding hydrogens is 292 g/mol. The number of nitrogens with zero attached hydrogens (tertiary/aromatic N) is 2. The normalized spacial score (nSPS) is 22.5. The molecule has 7 heteroatoms. The average Bonchev–Trinajstić information content (AvgIpc) is 3.13. The lowest BCUT2D eigenvalue weighted by atomic mass is 10.1. The number of carbonyl (C=O) groups is 3. The van der Waals surface area contributed by atoms with Gasteiger partial charge in [0, 0.05) is 18.2 Å². The summed E-state index contributed by atoms with van der Waals surface area (Å²) in [5.41, 5.74) is 0. The minimum absolute atomic E-state index is 0.0496. The predicted molar refractivity (Wildman–Crippen MR) is 79.8 cm³/mol. The van der Waals surface area contributed by atoms with Crippen molar-refractivity contribution in [1.29, 1.82) is 0 Å². The SMILES string of the molecule is CCN(CC(=O)O)C(=O)C1CSCN1C(=O)C1CCCC1. The zero-order valence-electron chi connectivity index (χ0n) is 12.3. The van der Waals surface area contributed by atoms with Crippen LogP contribution in [0.2, 0.25) is 0 Å². The molecule has 1 heterocycles. The number of carboxylic acids is 1. The lowest BCUT2D eigenvalue weighted by Gasteiger charge is -2.29. The largest absolute Gasteiger partial charge is 0.480 e. The first-order valence-corrected chi connectivity index (χ1v) is 8.58. The van der Waals surface area contributed by atoms with Crippen molar-refractivity contribution in [3.63, 3.8) is 0 Å². The summed E-state index contributed by atoms with van der Waals surface area (Å²) in [6.07, 6.45) is 3.98. The fourth-order valence-electron chi connectivity index (χ4n) is 2.99. The predicted octanol–water partition coefficient (Wildman–Crippen LogP) is 1.01. The van der Waals surface area contributed by atoms with Gasteiger partial charge in [0.1, 0.15) is 12.6 Å². The zero-order valence-corrected chi connectivity index (χ0v) is 13.1. The van der Waals surface area contributed by atoms with Crippen molar-refractivity contribution in [2.24, 2.45) is 5.92 Å². The van der Waals surface area contributed by atoms with E-state index in [1.807, 2.05) is 0 Å². The van der Waals surface area contributed by atoms with Crippen molar-refractivity contribution in [3.05, 3.63) is 0 Å². The van der Waals surface area contributed by atoms with Crippen LogP contribution in [0.1, 0.15) is 32.6 Å². The number of rotatable bonds is 5. The monoisotopic (exact) mass is 314 g/mol. The van der Waals surface area contributed by atoms with E-state index >= 15 is 0 Å².